The molecule has 1 rings (SSSR count). The molecule has 1 aromatic heterocycles. The lowest BCUT2D eigenvalue weighted by Gasteiger charge is -1.94. The third-order valence-corrected chi connectivity index (χ3v) is 1.11. The molecule has 11 heavy (non-hydrogen) atoms. The van der Waals surface area contributed by atoms with Gasteiger partial charge in [-0.2, -0.15) is 5.16 Å². The molecule has 0 unspecified atom stereocenters. The van der Waals surface area contributed by atoms with Gasteiger partial charge in [0.2, 0.25) is 11.8 Å². The van der Waals surface area contributed by atoms with E-state index < -0.39 is 0 Å². The van der Waals surface area contributed by atoms with Gasteiger partial charge < -0.3 is 4.52 Å². The van der Waals surface area contributed by atoms with Crippen molar-refractivity contribution in [1.29, 1.82) is 0 Å². The van der Waals surface area contributed by atoms with Crippen molar-refractivity contribution in [3.05, 3.63) is 16.4 Å². The number of aromatic nitrogens is 1. The monoisotopic (exact) mass is 156 g/mol. The standard InChI is InChI=1S/C6H8N2O3/c1-2-4(9)7-6-3-5(10)8-11-6/h3H,2H2,1H3,(H,7,9)(H,8,10). The Morgan fingerprint density at radius 3 is 3.00 bits per heavy atom. The van der Waals surface area contributed by atoms with Gasteiger partial charge in [0.05, 0.1) is 6.07 Å². The van der Waals surface area contributed by atoms with E-state index >= 15 is 0 Å². The first-order valence-corrected chi connectivity index (χ1v) is 3.20. The fourth-order valence-corrected chi connectivity index (χ4v) is 0.571. The molecule has 0 spiro atoms. The summed E-state index contributed by atoms with van der Waals surface area (Å²) in [7, 11) is 0. The van der Waals surface area contributed by atoms with Crippen LogP contribution in [-0.2, 0) is 4.79 Å². The van der Waals surface area contributed by atoms with Crippen molar-refractivity contribution in [2.45, 2.75) is 13.3 Å². The summed E-state index contributed by atoms with van der Waals surface area (Å²) in [6.45, 7) is 1.71. The Labute approximate surface area is 62.4 Å². The van der Waals surface area contributed by atoms with Crippen molar-refractivity contribution in [3.63, 3.8) is 0 Å². The minimum atomic E-state index is -0.364. The maximum Gasteiger partial charge on any atom is 0.282 e. The Morgan fingerprint density at radius 2 is 2.55 bits per heavy atom. The Kier molecular flexibility index (Phi) is 2.10. The van der Waals surface area contributed by atoms with Crippen LogP contribution in [0.2, 0.25) is 0 Å². The predicted octanol–water partition coefficient (Wildman–Crippen LogP) is 0.316. The second-order valence-corrected chi connectivity index (χ2v) is 1.98. The first-order chi connectivity index (χ1) is 5.22. The molecule has 0 saturated carbocycles. The van der Waals surface area contributed by atoms with Gasteiger partial charge in [-0.15, -0.1) is 0 Å². The lowest BCUT2D eigenvalue weighted by atomic mass is 10.4. The van der Waals surface area contributed by atoms with Gasteiger partial charge >= 0.3 is 0 Å². The molecule has 0 aliphatic heterocycles. The predicted molar refractivity (Wildman–Crippen MR) is 38.2 cm³/mol. The SMILES string of the molecule is CCC(=O)Nc1cc(=O)[nH]o1. The Balaban J connectivity index is 2.65. The second kappa shape index (κ2) is 3.05. The highest BCUT2D eigenvalue weighted by molar-refractivity contribution is 5.88. The molecule has 0 aliphatic carbocycles. The van der Waals surface area contributed by atoms with Crippen molar-refractivity contribution in [1.82, 2.24) is 5.16 Å². The van der Waals surface area contributed by atoms with E-state index in [0.29, 0.717) is 6.42 Å². The smallest absolute Gasteiger partial charge is 0.282 e. The van der Waals surface area contributed by atoms with Crippen molar-refractivity contribution in [2.24, 2.45) is 0 Å². The number of hydrogen-bond donors (Lipinski definition) is 2. The third-order valence-electron chi connectivity index (χ3n) is 1.11. The van der Waals surface area contributed by atoms with Gasteiger partial charge in [-0.1, -0.05) is 6.92 Å². The lowest BCUT2D eigenvalue weighted by molar-refractivity contribution is -0.116. The number of aromatic amines is 1. The highest BCUT2D eigenvalue weighted by Gasteiger charge is 2.01. The summed E-state index contributed by atoms with van der Waals surface area (Å²) in [4.78, 5) is 21.2. The van der Waals surface area contributed by atoms with Crippen LogP contribution in [0.1, 0.15) is 13.3 Å². The third kappa shape index (κ3) is 1.96. The Bertz CT molecular complexity index is 299. The first kappa shape index (κ1) is 7.59. The number of carbonyl (C=O) groups excluding carboxylic acids is 1. The van der Waals surface area contributed by atoms with Crippen LogP contribution >= 0.6 is 0 Å². The number of anilines is 1. The molecule has 0 radical (unpaired) electrons. The summed E-state index contributed by atoms with van der Waals surface area (Å²) in [6.07, 6.45) is 0.356. The first-order valence-electron chi connectivity index (χ1n) is 3.20. The molecule has 1 amide bonds. The maximum absolute atomic E-state index is 10.7. The highest BCUT2D eigenvalue weighted by Crippen LogP contribution is 1.99. The summed E-state index contributed by atoms with van der Waals surface area (Å²) in [5, 5.41) is 4.43. The van der Waals surface area contributed by atoms with Gasteiger partial charge in [0, 0.05) is 6.42 Å². The molecule has 0 bridgehead atoms. The van der Waals surface area contributed by atoms with Crippen molar-refractivity contribution in [2.75, 3.05) is 5.32 Å². The zero-order valence-electron chi connectivity index (χ0n) is 6.01. The molecule has 2 N–H and O–H groups in total. The highest BCUT2D eigenvalue weighted by atomic mass is 16.5. The van der Waals surface area contributed by atoms with Crippen molar-refractivity contribution < 1.29 is 9.32 Å². The Hall–Kier alpha value is -1.52. The molecule has 0 aromatic carbocycles. The number of hydrogen-bond acceptors (Lipinski definition) is 3. The molecule has 5 nitrogen and oxygen atoms in total. The van der Waals surface area contributed by atoms with Gasteiger partial charge in [-0.05, 0) is 0 Å². The summed E-state index contributed by atoms with van der Waals surface area (Å²) < 4.78 is 4.57. The minimum absolute atomic E-state index is 0.154. The molecule has 0 saturated heterocycles. The number of carbonyl (C=O) groups is 1. The van der Waals surface area contributed by atoms with Gasteiger partial charge in [0.1, 0.15) is 0 Å². The average molecular weight is 156 g/mol. The number of H-pyrrole nitrogens is 1. The molecule has 1 heterocycles. The normalized spacial score (nSPS) is 9.55. The minimum Gasteiger partial charge on any atom is -0.361 e. The van der Waals surface area contributed by atoms with Crippen LogP contribution in [0, 0.1) is 0 Å². The van der Waals surface area contributed by atoms with E-state index in [1.54, 1.807) is 6.92 Å². The zero-order valence-corrected chi connectivity index (χ0v) is 6.01. The number of rotatable bonds is 2. The molecule has 0 atom stereocenters. The molecule has 0 aliphatic rings. The van der Waals surface area contributed by atoms with E-state index in [0.717, 1.165) is 0 Å². The summed E-state index contributed by atoms with van der Waals surface area (Å²) in [6, 6.07) is 1.17. The summed E-state index contributed by atoms with van der Waals surface area (Å²) >= 11 is 0. The van der Waals surface area contributed by atoms with Crippen molar-refractivity contribution >= 4 is 11.8 Å². The average Bonchev–Trinajstić information content (AvgIpc) is 2.35. The molecule has 60 valence electrons. The fourth-order valence-electron chi connectivity index (χ4n) is 0.571. The summed E-state index contributed by atoms with van der Waals surface area (Å²) in [5.74, 6) is -0.0328. The van der Waals surface area contributed by atoms with Crippen molar-refractivity contribution in [3.8, 4) is 0 Å². The van der Waals surface area contributed by atoms with Crippen LogP contribution in [0.3, 0.4) is 0 Å². The second-order valence-electron chi connectivity index (χ2n) is 1.98. The van der Waals surface area contributed by atoms with Crippen LogP contribution in [0.15, 0.2) is 15.4 Å². The zero-order chi connectivity index (χ0) is 8.27. The molecular formula is C6H8N2O3. The van der Waals surface area contributed by atoms with E-state index in [2.05, 4.69) is 15.0 Å². The van der Waals surface area contributed by atoms with E-state index in [-0.39, 0.29) is 17.4 Å². The van der Waals surface area contributed by atoms with Gasteiger partial charge in [-0.3, -0.25) is 14.9 Å². The molecule has 1 aromatic rings. The van der Waals surface area contributed by atoms with Crippen LogP contribution in [0.25, 0.3) is 0 Å². The van der Waals surface area contributed by atoms with Gasteiger partial charge in [0.15, 0.2) is 0 Å². The van der Waals surface area contributed by atoms with E-state index in [1.807, 2.05) is 0 Å². The van der Waals surface area contributed by atoms with Crippen LogP contribution < -0.4 is 10.9 Å². The van der Waals surface area contributed by atoms with E-state index in [4.69, 9.17) is 0 Å². The maximum atomic E-state index is 10.7. The van der Waals surface area contributed by atoms with Crippen LogP contribution in [0.5, 0.6) is 0 Å². The summed E-state index contributed by atoms with van der Waals surface area (Å²) in [5.41, 5.74) is -0.364. The molecule has 5 heteroatoms. The van der Waals surface area contributed by atoms with Crippen LogP contribution in [-0.4, -0.2) is 11.1 Å². The van der Waals surface area contributed by atoms with E-state index in [1.165, 1.54) is 6.07 Å². The molecular weight excluding hydrogens is 148 g/mol. The van der Waals surface area contributed by atoms with Gasteiger partial charge in [0.25, 0.3) is 5.56 Å². The largest absolute Gasteiger partial charge is 0.361 e. The van der Waals surface area contributed by atoms with Crippen LogP contribution in [0.4, 0.5) is 5.88 Å². The quantitative estimate of drug-likeness (QED) is 0.647. The topological polar surface area (TPSA) is 75.1 Å². The van der Waals surface area contributed by atoms with Gasteiger partial charge in [-0.25, -0.2) is 0 Å². The lowest BCUT2D eigenvalue weighted by Crippen LogP contribution is -2.08. The fraction of sp³-hybridized carbons (Fsp3) is 0.333. The number of amides is 1. The Morgan fingerprint density at radius 1 is 1.82 bits per heavy atom. The number of nitrogens with one attached hydrogen (secondary N) is 2. The van der Waals surface area contributed by atoms with E-state index in [9.17, 15) is 9.59 Å². The molecule has 0 fully saturated rings.